The van der Waals surface area contributed by atoms with Crippen LogP contribution in [-0.2, 0) is 15.5 Å². The van der Waals surface area contributed by atoms with E-state index in [0.717, 1.165) is 10.5 Å². The number of aryl methyl sites for hydroxylation is 1. The van der Waals surface area contributed by atoms with E-state index in [1.54, 1.807) is 11.8 Å². The smallest absolute Gasteiger partial charge is 0.212 e. The van der Waals surface area contributed by atoms with Crippen molar-refractivity contribution in [1.82, 2.24) is 0 Å². The lowest BCUT2D eigenvalue weighted by Crippen LogP contribution is -2.01. The highest BCUT2D eigenvalue weighted by molar-refractivity contribution is 8.13. The number of rotatable bonds is 4. The number of hydrogen-bond acceptors (Lipinski definition) is 3. The van der Waals surface area contributed by atoms with Crippen molar-refractivity contribution in [2.45, 2.75) is 11.3 Å². The predicted octanol–water partition coefficient (Wildman–Crippen LogP) is 2.52. The number of hydrogen-bond donors (Lipinski definition) is 0. The maximum Gasteiger partial charge on any atom is 0.232 e. The van der Waals surface area contributed by atoms with Crippen LogP contribution < -0.4 is 0 Å². The van der Waals surface area contributed by atoms with Crippen LogP contribution in [0, 0.1) is 0 Å². The summed E-state index contributed by atoms with van der Waals surface area (Å²) in [6, 6.07) is 7.73. The fourth-order valence-electron chi connectivity index (χ4n) is 1.14. The molecule has 0 N–H and O–H groups in total. The first-order valence-electron chi connectivity index (χ1n) is 4.07. The van der Waals surface area contributed by atoms with Crippen LogP contribution in [0.1, 0.15) is 5.56 Å². The Morgan fingerprint density at radius 1 is 1.36 bits per heavy atom. The molecule has 1 aromatic rings. The average Bonchev–Trinajstić information content (AvgIpc) is 2.14. The molecular formula is C9H11ClO2S2. The predicted molar refractivity (Wildman–Crippen MR) is 61.6 cm³/mol. The van der Waals surface area contributed by atoms with Gasteiger partial charge in [-0.05, 0) is 24.3 Å². The fraction of sp³-hybridized carbons (Fsp3) is 0.333. The number of thioether (sulfide) groups is 1. The van der Waals surface area contributed by atoms with E-state index >= 15 is 0 Å². The molecule has 0 atom stereocenters. The Hall–Kier alpha value is -0.190. The average molecular weight is 251 g/mol. The lowest BCUT2D eigenvalue weighted by atomic mass is 10.2. The Balaban J connectivity index is 2.76. The number of benzene rings is 1. The molecule has 14 heavy (non-hydrogen) atoms. The topological polar surface area (TPSA) is 34.1 Å². The van der Waals surface area contributed by atoms with Gasteiger partial charge in [-0.1, -0.05) is 18.2 Å². The largest absolute Gasteiger partial charge is 0.232 e. The van der Waals surface area contributed by atoms with E-state index in [0.29, 0.717) is 6.42 Å². The highest BCUT2D eigenvalue weighted by atomic mass is 35.7. The highest BCUT2D eigenvalue weighted by Crippen LogP contribution is 2.20. The molecule has 0 saturated heterocycles. The van der Waals surface area contributed by atoms with Crippen molar-refractivity contribution in [2.24, 2.45) is 0 Å². The first-order chi connectivity index (χ1) is 6.53. The summed E-state index contributed by atoms with van der Waals surface area (Å²) in [7, 11) is 1.76. The third-order valence-corrected chi connectivity index (χ3v) is 3.80. The van der Waals surface area contributed by atoms with E-state index in [1.807, 2.05) is 30.5 Å². The molecule has 0 radical (unpaired) electrons. The van der Waals surface area contributed by atoms with Crippen molar-refractivity contribution < 1.29 is 8.42 Å². The van der Waals surface area contributed by atoms with Crippen molar-refractivity contribution in [3.05, 3.63) is 29.8 Å². The van der Waals surface area contributed by atoms with Crippen molar-refractivity contribution in [3.63, 3.8) is 0 Å². The maximum absolute atomic E-state index is 10.8. The second-order valence-corrected chi connectivity index (χ2v) is 6.55. The summed E-state index contributed by atoms with van der Waals surface area (Å²) >= 11 is 1.61. The minimum Gasteiger partial charge on any atom is -0.212 e. The summed E-state index contributed by atoms with van der Waals surface area (Å²) in [5.41, 5.74) is 1.03. The Morgan fingerprint density at radius 2 is 2.00 bits per heavy atom. The van der Waals surface area contributed by atoms with Gasteiger partial charge in [0.1, 0.15) is 0 Å². The van der Waals surface area contributed by atoms with Gasteiger partial charge in [0.05, 0.1) is 5.75 Å². The molecule has 1 aromatic carbocycles. The molecule has 0 amide bonds. The minimum atomic E-state index is -3.38. The van der Waals surface area contributed by atoms with Crippen LogP contribution in [0.5, 0.6) is 0 Å². The van der Waals surface area contributed by atoms with Crippen LogP contribution in [0.15, 0.2) is 29.2 Å². The Morgan fingerprint density at radius 3 is 2.57 bits per heavy atom. The summed E-state index contributed by atoms with van der Waals surface area (Å²) in [5.74, 6) is -0.00781. The van der Waals surface area contributed by atoms with Gasteiger partial charge in [-0.15, -0.1) is 11.8 Å². The second-order valence-electron chi connectivity index (χ2n) is 2.80. The van der Waals surface area contributed by atoms with Crippen molar-refractivity contribution in [2.75, 3.05) is 12.0 Å². The molecule has 0 fully saturated rings. The Labute approximate surface area is 93.1 Å². The van der Waals surface area contributed by atoms with E-state index in [9.17, 15) is 8.42 Å². The van der Waals surface area contributed by atoms with Gasteiger partial charge < -0.3 is 0 Å². The lowest BCUT2D eigenvalue weighted by Gasteiger charge is -2.04. The summed E-state index contributed by atoms with van der Waals surface area (Å²) in [6.07, 6.45) is 2.44. The van der Waals surface area contributed by atoms with Crippen LogP contribution in [-0.4, -0.2) is 20.4 Å². The fourth-order valence-corrected chi connectivity index (χ4v) is 2.48. The van der Waals surface area contributed by atoms with Crippen LogP contribution in [0.25, 0.3) is 0 Å². The van der Waals surface area contributed by atoms with Crippen molar-refractivity contribution >= 4 is 31.5 Å². The maximum atomic E-state index is 10.8. The molecule has 0 bridgehead atoms. The van der Waals surface area contributed by atoms with Gasteiger partial charge in [0.15, 0.2) is 0 Å². The van der Waals surface area contributed by atoms with Gasteiger partial charge in [-0.3, -0.25) is 0 Å². The third kappa shape index (κ3) is 3.90. The quantitative estimate of drug-likeness (QED) is 0.608. The zero-order chi connectivity index (χ0) is 10.6. The molecule has 2 nitrogen and oxygen atoms in total. The van der Waals surface area contributed by atoms with Gasteiger partial charge in [-0.2, -0.15) is 0 Å². The standard InChI is InChI=1S/C9H11ClO2S2/c1-13-9-5-3-2-4-8(9)6-7-14(10,11)12/h2-5H,6-7H2,1H3. The van der Waals surface area contributed by atoms with Crippen molar-refractivity contribution in [3.8, 4) is 0 Å². The van der Waals surface area contributed by atoms with E-state index in [1.165, 1.54) is 0 Å². The minimum absolute atomic E-state index is 0.00781. The molecule has 0 saturated carbocycles. The Bertz CT molecular complexity index is 401. The normalized spacial score (nSPS) is 11.6. The van der Waals surface area contributed by atoms with E-state index in [2.05, 4.69) is 0 Å². The molecule has 78 valence electrons. The molecule has 5 heteroatoms. The van der Waals surface area contributed by atoms with Crippen molar-refractivity contribution in [1.29, 1.82) is 0 Å². The lowest BCUT2D eigenvalue weighted by molar-refractivity contribution is 0.608. The molecule has 0 aliphatic rings. The van der Waals surface area contributed by atoms with E-state index in [-0.39, 0.29) is 5.75 Å². The third-order valence-electron chi connectivity index (χ3n) is 1.81. The molecule has 0 heterocycles. The number of halogens is 1. The molecule has 1 rings (SSSR count). The van der Waals surface area contributed by atoms with Gasteiger partial charge in [-0.25, -0.2) is 8.42 Å². The van der Waals surface area contributed by atoms with Gasteiger partial charge >= 0.3 is 0 Å². The van der Waals surface area contributed by atoms with Gasteiger partial charge in [0.25, 0.3) is 0 Å². The first-order valence-corrected chi connectivity index (χ1v) is 7.77. The summed E-state index contributed by atoms with van der Waals surface area (Å²) in [5, 5.41) is 0. The monoisotopic (exact) mass is 250 g/mol. The summed E-state index contributed by atoms with van der Waals surface area (Å²) in [6.45, 7) is 0. The molecule has 0 aliphatic heterocycles. The zero-order valence-electron chi connectivity index (χ0n) is 7.73. The van der Waals surface area contributed by atoms with Gasteiger partial charge in [0.2, 0.25) is 9.05 Å². The summed E-state index contributed by atoms with van der Waals surface area (Å²) in [4.78, 5) is 1.10. The van der Waals surface area contributed by atoms with E-state index < -0.39 is 9.05 Å². The Kier molecular flexibility index (Phi) is 4.29. The SMILES string of the molecule is CSc1ccccc1CCS(=O)(=O)Cl. The molecule has 0 aliphatic carbocycles. The van der Waals surface area contributed by atoms with Crippen LogP contribution in [0.4, 0.5) is 0 Å². The summed E-state index contributed by atoms with van der Waals surface area (Å²) < 4.78 is 21.5. The zero-order valence-corrected chi connectivity index (χ0v) is 10.1. The highest BCUT2D eigenvalue weighted by Gasteiger charge is 2.07. The molecular weight excluding hydrogens is 240 g/mol. The van der Waals surface area contributed by atoms with Gasteiger partial charge in [0, 0.05) is 15.6 Å². The van der Waals surface area contributed by atoms with E-state index in [4.69, 9.17) is 10.7 Å². The van der Waals surface area contributed by atoms with Crippen LogP contribution in [0.2, 0.25) is 0 Å². The molecule has 0 aromatic heterocycles. The van der Waals surface area contributed by atoms with Crippen LogP contribution >= 0.6 is 22.4 Å². The first kappa shape index (κ1) is 11.9. The molecule has 0 unspecified atom stereocenters. The molecule has 0 spiro atoms. The second kappa shape index (κ2) is 5.05. The van der Waals surface area contributed by atoms with Crippen LogP contribution in [0.3, 0.4) is 0 Å².